The van der Waals surface area contributed by atoms with Gasteiger partial charge in [0, 0.05) is 31.6 Å². The van der Waals surface area contributed by atoms with Gasteiger partial charge in [-0.25, -0.2) is 0 Å². The van der Waals surface area contributed by atoms with Gasteiger partial charge in [0.05, 0.1) is 0 Å². The number of alkyl halides is 1. The zero-order valence-corrected chi connectivity index (χ0v) is 10.6. The molecule has 0 aliphatic rings. The van der Waals surface area contributed by atoms with Gasteiger partial charge in [-0.3, -0.25) is 4.79 Å². The van der Waals surface area contributed by atoms with Crippen molar-refractivity contribution in [1.29, 1.82) is 0 Å². The van der Waals surface area contributed by atoms with E-state index in [1.54, 1.807) is 0 Å². The monoisotopic (exact) mass is 242 g/mol. The van der Waals surface area contributed by atoms with E-state index in [1.165, 1.54) is 12.6 Å². The van der Waals surface area contributed by atoms with E-state index in [4.69, 9.17) is 11.6 Å². The first-order valence-electron chi connectivity index (χ1n) is 5.23. The lowest BCUT2D eigenvalue weighted by Crippen LogP contribution is -2.24. The van der Waals surface area contributed by atoms with E-state index < -0.39 is 0 Å². The van der Waals surface area contributed by atoms with Crippen molar-refractivity contribution in [1.82, 2.24) is 0 Å². The summed E-state index contributed by atoms with van der Waals surface area (Å²) in [5.41, 5.74) is 5.72. The molecular weight excluding hydrogens is 224 g/mol. The lowest BCUT2D eigenvalue weighted by atomic mass is 10.3. The standard InChI is InChI=1S/C10H14ClN.C2H5NO/c1-2-12(9-8-11)10-6-4-3-5-7-10;1-2(3)4/h3-7H,2,8-9H2,1H3;1H3,(H2,3,4). The average Bonchev–Trinajstić information content (AvgIpc) is 2.26. The predicted octanol–water partition coefficient (Wildman–Crippen LogP) is 2.24. The Bertz CT molecular complexity index is 286. The van der Waals surface area contributed by atoms with Gasteiger partial charge in [-0.2, -0.15) is 0 Å². The predicted molar refractivity (Wildman–Crippen MR) is 69.9 cm³/mol. The van der Waals surface area contributed by atoms with Gasteiger partial charge in [0.25, 0.3) is 0 Å². The maximum absolute atomic E-state index is 9.22. The largest absolute Gasteiger partial charge is 0.371 e. The highest BCUT2D eigenvalue weighted by atomic mass is 35.5. The van der Waals surface area contributed by atoms with E-state index in [-0.39, 0.29) is 5.91 Å². The highest BCUT2D eigenvalue weighted by Crippen LogP contribution is 2.11. The molecule has 0 radical (unpaired) electrons. The Hall–Kier alpha value is -1.22. The number of hydrogen-bond acceptors (Lipinski definition) is 2. The third-order valence-electron chi connectivity index (χ3n) is 1.86. The number of para-hydroxylation sites is 1. The normalized spacial score (nSPS) is 8.94. The lowest BCUT2D eigenvalue weighted by Gasteiger charge is -2.21. The Morgan fingerprint density at radius 1 is 1.38 bits per heavy atom. The molecule has 0 unspecified atom stereocenters. The van der Waals surface area contributed by atoms with Gasteiger partial charge in [0.2, 0.25) is 5.91 Å². The summed E-state index contributed by atoms with van der Waals surface area (Å²) in [6.07, 6.45) is 0. The summed E-state index contributed by atoms with van der Waals surface area (Å²) in [6, 6.07) is 10.3. The molecule has 0 aliphatic heterocycles. The van der Waals surface area contributed by atoms with Crippen molar-refractivity contribution in [3.05, 3.63) is 30.3 Å². The number of primary amides is 1. The number of rotatable bonds is 4. The molecule has 0 saturated carbocycles. The van der Waals surface area contributed by atoms with Crippen molar-refractivity contribution in [3.8, 4) is 0 Å². The van der Waals surface area contributed by atoms with Crippen molar-refractivity contribution in [2.45, 2.75) is 13.8 Å². The number of carbonyl (C=O) groups is 1. The maximum Gasteiger partial charge on any atom is 0.214 e. The topological polar surface area (TPSA) is 46.3 Å². The van der Waals surface area contributed by atoms with Crippen LogP contribution in [0, 0.1) is 0 Å². The second-order valence-electron chi connectivity index (χ2n) is 3.21. The van der Waals surface area contributed by atoms with Crippen LogP contribution in [0.2, 0.25) is 0 Å². The van der Waals surface area contributed by atoms with Gasteiger partial charge in [-0.15, -0.1) is 11.6 Å². The molecule has 3 nitrogen and oxygen atoms in total. The lowest BCUT2D eigenvalue weighted by molar-refractivity contribution is -0.115. The van der Waals surface area contributed by atoms with Crippen LogP contribution in [0.4, 0.5) is 5.69 Å². The fourth-order valence-corrected chi connectivity index (χ4v) is 1.41. The third kappa shape index (κ3) is 7.12. The van der Waals surface area contributed by atoms with Gasteiger partial charge in [-0.05, 0) is 19.1 Å². The van der Waals surface area contributed by atoms with Crippen LogP contribution in [0.3, 0.4) is 0 Å². The van der Waals surface area contributed by atoms with Crippen LogP contribution in [0.15, 0.2) is 30.3 Å². The highest BCUT2D eigenvalue weighted by Gasteiger charge is 2.00. The molecule has 90 valence electrons. The molecule has 0 saturated heterocycles. The number of hydrogen-bond donors (Lipinski definition) is 1. The number of benzene rings is 1. The summed E-state index contributed by atoms with van der Waals surface area (Å²) >= 11 is 5.68. The van der Waals surface area contributed by atoms with Gasteiger partial charge in [0.15, 0.2) is 0 Å². The summed E-state index contributed by atoms with van der Waals surface area (Å²) < 4.78 is 0. The smallest absolute Gasteiger partial charge is 0.214 e. The maximum atomic E-state index is 9.22. The number of amides is 1. The molecule has 1 aromatic rings. The number of halogens is 1. The minimum absolute atomic E-state index is 0.333. The van der Waals surface area contributed by atoms with E-state index in [9.17, 15) is 4.79 Å². The van der Waals surface area contributed by atoms with Crippen LogP contribution in [0.5, 0.6) is 0 Å². The van der Waals surface area contributed by atoms with Crippen molar-refractivity contribution in [2.75, 3.05) is 23.9 Å². The van der Waals surface area contributed by atoms with Crippen LogP contribution in [0.1, 0.15) is 13.8 Å². The van der Waals surface area contributed by atoms with E-state index in [2.05, 4.69) is 29.7 Å². The second kappa shape index (κ2) is 9.04. The minimum atomic E-state index is -0.333. The molecule has 0 aromatic heterocycles. The Balaban J connectivity index is 0.000000487. The Morgan fingerprint density at radius 2 is 1.88 bits per heavy atom. The first kappa shape index (κ1) is 14.8. The molecule has 16 heavy (non-hydrogen) atoms. The summed E-state index contributed by atoms with van der Waals surface area (Å²) in [5, 5.41) is 0. The first-order valence-corrected chi connectivity index (χ1v) is 5.77. The average molecular weight is 243 g/mol. The fraction of sp³-hybridized carbons (Fsp3) is 0.417. The Kier molecular flexibility index (Phi) is 8.35. The molecule has 0 heterocycles. The third-order valence-corrected chi connectivity index (χ3v) is 2.03. The van der Waals surface area contributed by atoms with E-state index in [0.717, 1.165) is 13.1 Å². The molecule has 1 aromatic carbocycles. The van der Waals surface area contributed by atoms with Crippen LogP contribution >= 0.6 is 11.6 Å². The van der Waals surface area contributed by atoms with Crippen LogP contribution in [-0.4, -0.2) is 24.9 Å². The van der Waals surface area contributed by atoms with E-state index in [1.807, 2.05) is 18.2 Å². The number of anilines is 1. The molecule has 0 bridgehead atoms. The summed E-state index contributed by atoms with van der Waals surface area (Å²) in [5.74, 6) is 0.350. The molecule has 2 N–H and O–H groups in total. The van der Waals surface area contributed by atoms with Crippen molar-refractivity contribution in [2.24, 2.45) is 5.73 Å². The van der Waals surface area contributed by atoms with E-state index >= 15 is 0 Å². The molecule has 0 atom stereocenters. The van der Waals surface area contributed by atoms with Crippen molar-refractivity contribution < 1.29 is 4.79 Å². The Morgan fingerprint density at radius 3 is 2.25 bits per heavy atom. The van der Waals surface area contributed by atoms with Crippen LogP contribution in [0.25, 0.3) is 0 Å². The van der Waals surface area contributed by atoms with Crippen molar-refractivity contribution in [3.63, 3.8) is 0 Å². The molecule has 1 rings (SSSR count). The van der Waals surface area contributed by atoms with Crippen LogP contribution in [-0.2, 0) is 4.79 Å². The fourth-order valence-electron chi connectivity index (χ4n) is 1.21. The first-order chi connectivity index (χ1) is 7.61. The molecule has 0 spiro atoms. The zero-order chi connectivity index (χ0) is 12.4. The molecule has 0 aliphatic carbocycles. The minimum Gasteiger partial charge on any atom is -0.371 e. The molecule has 4 heteroatoms. The van der Waals surface area contributed by atoms with Crippen molar-refractivity contribution >= 4 is 23.2 Å². The second-order valence-corrected chi connectivity index (χ2v) is 3.59. The van der Waals surface area contributed by atoms with Gasteiger partial charge < -0.3 is 10.6 Å². The molecule has 1 amide bonds. The summed E-state index contributed by atoms with van der Waals surface area (Å²) in [6.45, 7) is 5.37. The number of nitrogens with two attached hydrogens (primary N) is 1. The highest BCUT2D eigenvalue weighted by molar-refractivity contribution is 6.18. The number of nitrogens with zero attached hydrogens (tertiary/aromatic N) is 1. The van der Waals surface area contributed by atoms with Gasteiger partial charge in [-0.1, -0.05) is 18.2 Å². The van der Waals surface area contributed by atoms with Gasteiger partial charge in [0.1, 0.15) is 0 Å². The van der Waals surface area contributed by atoms with Crippen LogP contribution < -0.4 is 10.6 Å². The quantitative estimate of drug-likeness (QED) is 0.824. The Labute approximate surface area is 102 Å². The summed E-state index contributed by atoms with van der Waals surface area (Å²) in [4.78, 5) is 11.5. The van der Waals surface area contributed by atoms with Gasteiger partial charge >= 0.3 is 0 Å². The summed E-state index contributed by atoms with van der Waals surface area (Å²) in [7, 11) is 0. The molecular formula is C12H19ClN2O. The van der Waals surface area contributed by atoms with E-state index in [0.29, 0.717) is 5.88 Å². The SMILES string of the molecule is CC(N)=O.CCN(CCCl)c1ccccc1. The zero-order valence-electron chi connectivity index (χ0n) is 9.82. The molecule has 0 fully saturated rings. The number of carbonyl (C=O) groups excluding carboxylic acids is 1.